The number of anilines is 1. The lowest BCUT2D eigenvalue weighted by Gasteiger charge is -2.12. The summed E-state index contributed by atoms with van der Waals surface area (Å²) >= 11 is 6.04. The molecule has 1 heterocycles. The smallest absolute Gasteiger partial charge is 0.128 e. The van der Waals surface area contributed by atoms with Crippen molar-refractivity contribution >= 4 is 28.1 Å². The van der Waals surface area contributed by atoms with Crippen LogP contribution in [0.2, 0.25) is 0 Å². The second-order valence-corrected chi connectivity index (χ2v) is 4.63. The predicted molar refractivity (Wildman–Crippen MR) is 80.6 cm³/mol. The Morgan fingerprint density at radius 1 is 1.32 bits per heavy atom. The van der Waals surface area contributed by atoms with Crippen molar-refractivity contribution in [2.75, 3.05) is 32.0 Å². The van der Waals surface area contributed by atoms with E-state index in [0.717, 1.165) is 30.5 Å². The quantitative estimate of drug-likeness (QED) is 0.830. The average Bonchev–Trinajstić information content (AvgIpc) is 2.91. The van der Waals surface area contributed by atoms with Crippen molar-refractivity contribution in [2.45, 2.75) is 5.92 Å². The van der Waals surface area contributed by atoms with E-state index in [9.17, 15) is 0 Å². The van der Waals surface area contributed by atoms with Crippen LogP contribution in [0.4, 0.5) is 5.69 Å². The fraction of sp³-hybridized carbons (Fsp3) is 0.333. The van der Waals surface area contributed by atoms with E-state index in [-0.39, 0.29) is 0 Å². The van der Waals surface area contributed by atoms with Gasteiger partial charge in [0.15, 0.2) is 0 Å². The first-order valence-corrected chi connectivity index (χ1v) is 6.72. The average molecular weight is 280 g/mol. The number of benzene rings is 2. The lowest BCUT2D eigenvalue weighted by Crippen LogP contribution is -2.02. The summed E-state index contributed by atoms with van der Waals surface area (Å²) in [6, 6.07) is 10.4. The number of aliphatic hydroxyl groups is 1. The molecule has 3 nitrogen and oxygen atoms in total. The van der Waals surface area contributed by atoms with E-state index in [4.69, 9.17) is 21.4 Å². The van der Waals surface area contributed by atoms with E-state index < -0.39 is 0 Å². The number of methoxy groups -OCH3 is 1. The Bertz CT molecular complexity index is 571. The van der Waals surface area contributed by atoms with E-state index in [1.165, 1.54) is 10.9 Å². The highest BCUT2D eigenvalue weighted by Gasteiger charge is 2.25. The number of hydrogen-bond donors (Lipinski definition) is 2. The fourth-order valence-electron chi connectivity index (χ4n) is 2.59. The van der Waals surface area contributed by atoms with Gasteiger partial charge in [0.1, 0.15) is 5.75 Å². The fourth-order valence-corrected chi connectivity index (χ4v) is 2.85. The lowest BCUT2D eigenvalue weighted by molar-refractivity contribution is 0.399. The first kappa shape index (κ1) is 14.0. The summed E-state index contributed by atoms with van der Waals surface area (Å²) in [6.07, 6.45) is 0. The molecule has 19 heavy (non-hydrogen) atoms. The van der Waals surface area contributed by atoms with Gasteiger partial charge in [0, 0.05) is 42.6 Å². The SMILES string of the molecule is CO.COc1cc2c(c3ccccc13)[C@H](CCl)CN2. The summed E-state index contributed by atoms with van der Waals surface area (Å²) < 4.78 is 5.45. The Kier molecular flexibility index (Phi) is 4.51. The molecule has 0 spiro atoms. The van der Waals surface area contributed by atoms with Crippen LogP contribution in [0.3, 0.4) is 0 Å². The van der Waals surface area contributed by atoms with Crippen molar-refractivity contribution in [3.8, 4) is 5.75 Å². The Hall–Kier alpha value is -1.45. The van der Waals surface area contributed by atoms with Crippen LogP contribution in [-0.4, -0.2) is 31.8 Å². The first-order chi connectivity index (χ1) is 9.35. The van der Waals surface area contributed by atoms with Crippen LogP contribution >= 0.6 is 11.6 Å². The van der Waals surface area contributed by atoms with E-state index in [1.807, 2.05) is 6.07 Å². The van der Waals surface area contributed by atoms with E-state index in [1.54, 1.807) is 7.11 Å². The number of rotatable bonds is 2. The summed E-state index contributed by atoms with van der Waals surface area (Å²) in [5, 5.41) is 12.8. The van der Waals surface area contributed by atoms with Gasteiger partial charge >= 0.3 is 0 Å². The van der Waals surface area contributed by atoms with Crippen molar-refractivity contribution in [1.82, 2.24) is 0 Å². The van der Waals surface area contributed by atoms with Gasteiger partial charge in [0.05, 0.1) is 7.11 Å². The highest BCUT2D eigenvalue weighted by Crippen LogP contribution is 2.42. The molecule has 0 radical (unpaired) electrons. The molecular formula is C15H18ClNO2. The largest absolute Gasteiger partial charge is 0.496 e. The highest BCUT2D eigenvalue weighted by atomic mass is 35.5. The molecule has 2 aromatic rings. The molecule has 1 atom stereocenters. The first-order valence-electron chi connectivity index (χ1n) is 6.19. The Morgan fingerprint density at radius 3 is 2.63 bits per heavy atom. The molecule has 4 heteroatoms. The molecule has 0 saturated carbocycles. The Balaban J connectivity index is 0.000000637. The molecule has 0 aromatic heterocycles. The number of hydrogen-bond acceptors (Lipinski definition) is 3. The zero-order valence-electron chi connectivity index (χ0n) is 11.1. The zero-order chi connectivity index (χ0) is 13.8. The van der Waals surface area contributed by atoms with Crippen molar-refractivity contribution in [3.63, 3.8) is 0 Å². The van der Waals surface area contributed by atoms with Gasteiger partial charge in [-0.2, -0.15) is 0 Å². The number of fused-ring (bicyclic) bond motifs is 3. The van der Waals surface area contributed by atoms with Gasteiger partial charge in [-0.3, -0.25) is 0 Å². The zero-order valence-corrected chi connectivity index (χ0v) is 11.9. The monoisotopic (exact) mass is 279 g/mol. The Labute approximate surface area is 118 Å². The maximum Gasteiger partial charge on any atom is 0.128 e. The maximum atomic E-state index is 7.00. The third kappa shape index (κ3) is 2.36. The maximum absolute atomic E-state index is 7.00. The second-order valence-electron chi connectivity index (χ2n) is 4.32. The molecule has 0 saturated heterocycles. The van der Waals surface area contributed by atoms with Crippen molar-refractivity contribution in [2.24, 2.45) is 0 Å². The molecule has 102 valence electrons. The summed E-state index contributed by atoms with van der Waals surface area (Å²) in [6.45, 7) is 0.913. The van der Waals surface area contributed by atoms with Crippen LogP contribution in [-0.2, 0) is 0 Å². The number of ether oxygens (including phenoxy) is 1. The number of aliphatic hydroxyl groups excluding tert-OH is 1. The van der Waals surface area contributed by atoms with Gasteiger partial charge in [0.25, 0.3) is 0 Å². The minimum absolute atomic E-state index is 0.391. The molecule has 1 aliphatic rings. The molecule has 3 rings (SSSR count). The molecular weight excluding hydrogens is 262 g/mol. The number of alkyl halides is 1. The second kappa shape index (κ2) is 6.13. The summed E-state index contributed by atoms with van der Waals surface area (Å²) in [7, 11) is 2.71. The molecule has 0 fully saturated rings. The standard InChI is InChI=1S/C14H14ClNO.CH4O/c1-17-13-6-12-14(9(7-15)8-16-12)11-5-3-2-4-10(11)13;1-2/h2-6,9,16H,7-8H2,1H3;2H,1H3/t9-;/m1./s1. The van der Waals surface area contributed by atoms with Crippen LogP contribution in [0.1, 0.15) is 11.5 Å². The molecule has 2 aromatic carbocycles. The summed E-state index contributed by atoms with van der Waals surface area (Å²) in [5.41, 5.74) is 2.49. The Morgan fingerprint density at radius 2 is 2.00 bits per heavy atom. The number of nitrogens with one attached hydrogen (secondary N) is 1. The third-order valence-electron chi connectivity index (χ3n) is 3.40. The minimum Gasteiger partial charge on any atom is -0.496 e. The van der Waals surface area contributed by atoms with Crippen molar-refractivity contribution < 1.29 is 9.84 Å². The van der Waals surface area contributed by atoms with Gasteiger partial charge in [-0.05, 0) is 10.9 Å². The van der Waals surface area contributed by atoms with Crippen LogP contribution < -0.4 is 10.1 Å². The van der Waals surface area contributed by atoms with Gasteiger partial charge in [-0.25, -0.2) is 0 Å². The molecule has 0 aliphatic carbocycles. The highest BCUT2D eigenvalue weighted by molar-refractivity contribution is 6.18. The third-order valence-corrected chi connectivity index (χ3v) is 3.77. The van der Waals surface area contributed by atoms with Crippen molar-refractivity contribution in [3.05, 3.63) is 35.9 Å². The lowest BCUT2D eigenvalue weighted by atomic mass is 9.95. The molecule has 1 aliphatic heterocycles. The van der Waals surface area contributed by atoms with E-state index in [0.29, 0.717) is 11.8 Å². The van der Waals surface area contributed by atoms with Gasteiger partial charge in [-0.15, -0.1) is 11.6 Å². The van der Waals surface area contributed by atoms with E-state index >= 15 is 0 Å². The molecule has 2 N–H and O–H groups in total. The van der Waals surface area contributed by atoms with Crippen LogP contribution in [0.5, 0.6) is 5.75 Å². The molecule has 0 amide bonds. The number of halogens is 1. The molecule has 0 bridgehead atoms. The van der Waals surface area contributed by atoms with Gasteiger partial charge < -0.3 is 15.2 Å². The van der Waals surface area contributed by atoms with Crippen LogP contribution in [0.25, 0.3) is 10.8 Å². The van der Waals surface area contributed by atoms with E-state index in [2.05, 4.69) is 29.6 Å². The molecule has 0 unspecified atom stereocenters. The predicted octanol–water partition coefficient (Wildman–Crippen LogP) is 3.20. The minimum atomic E-state index is 0.391. The topological polar surface area (TPSA) is 41.5 Å². The summed E-state index contributed by atoms with van der Waals surface area (Å²) in [5.74, 6) is 1.96. The van der Waals surface area contributed by atoms with Crippen LogP contribution in [0, 0.1) is 0 Å². The van der Waals surface area contributed by atoms with Gasteiger partial charge in [-0.1, -0.05) is 24.3 Å². The van der Waals surface area contributed by atoms with Gasteiger partial charge in [0.2, 0.25) is 0 Å². The van der Waals surface area contributed by atoms with Crippen LogP contribution in [0.15, 0.2) is 30.3 Å². The van der Waals surface area contributed by atoms with Crippen molar-refractivity contribution in [1.29, 1.82) is 0 Å². The normalized spacial score (nSPS) is 16.3. The summed E-state index contributed by atoms with van der Waals surface area (Å²) in [4.78, 5) is 0.